The summed E-state index contributed by atoms with van der Waals surface area (Å²) in [7, 11) is 0. The zero-order chi connectivity index (χ0) is 29.2. The number of carbonyl (C=O) groups excluding carboxylic acids is 1. The van der Waals surface area contributed by atoms with Gasteiger partial charge >= 0.3 is 11.7 Å². The third kappa shape index (κ3) is 5.91. The van der Waals surface area contributed by atoms with Gasteiger partial charge in [-0.05, 0) is 55.4 Å². The molecule has 3 aromatic rings. The lowest BCUT2D eigenvalue weighted by Crippen LogP contribution is -2.56. The molecule has 0 aliphatic carbocycles. The van der Waals surface area contributed by atoms with E-state index in [0.717, 1.165) is 11.6 Å². The topological polar surface area (TPSA) is 119 Å². The maximum absolute atomic E-state index is 14.8. The van der Waals surface area contributed by atoms with Crippen LogP contribution >= 0.6 is 0 Å². The van der Waals surface area contributed by atoms with Crippen LogP contribution in [0.25, 0.3) is 11.2 Å². The molecule has 226 valence electrons. The van der Waals surface area contributed by atoms with Crippen molar-refractivity contribution in [1.29, 1.82) is 0 Å². The Morgan fingerprint density at radius 3 is 2.60 bits per heavy atom. The lowest BCUT2D eigenvalue weighted by Gasteiger charge is -2.39. The first-order valence-corrected chi connectivity index (χ1v) is 14.7. The van der Waals surface area contributed by atoms with Gasteiger partial charge in [-0.25, -0.2) is 23.4 Å². The standard InChI is InChI=1S/C29H37F2N7O4/c30-23-4-1-3-22(25(23)31)19-6-7-20(18-37(17-19)29(41)36-13-15-42-16-14-36)33-27(39)35-11-8-21(9-12-35)38-24-5-2-10-32-26(24)34-28(38)40/h1-5,10,19-21,29,41H,6-9,11-18H2,(H,33,39)(H,32,34,40)/t19-,20-,29?/m1/s1. The summed E-state index contributed by atoms with van der Waals surface area (Å²) in [6.07, 6.45) is 3.03. The van der Waals surface area contributed by atoms with Crippen LogP contribution in [0.4, 0.5) is 13.6 Å². The molecule has 1 unspecified atom stereocenters. The predicted octanol–water partition coefficient (Wildman–Crippen LogP) is 2.21. The average Bonchev–Trinajstić information content (AvgIpc) is 3.21. The summed E-state index contributed by atoms with van der Waals surface area (Å²) >= 11 is 0. The summed E-state index contributed by atoms with van der Waals surface area (Å²) in [6.45, 7) is 3.78. The van der Waals surface area contributed by atoms with Crippen molar-refractivity contribution in [3.8, 4) is 0 Å². The fraction of sp³-hybridized carbons (Fsp3) is 0.552. The number of hydrogen-bond donors (Lipinski definition) is 3. The van der Waals surface area contributed by atoms with E-state index in [1.54, 1.807) is 27.8 Å². The van der Waals surface area contributed by atoms with Crippen LogP contribution in [0, 0.1) is 11.6 Å². The van der Waals surface area contributed by atoms with Crippen LogP contribution in [-0.2, 0) is 4.74 Å². The minimum atomic E-state index is -0.940. The van der Waals surface area contributed by atoms with Gasteiger partial charge in [-0.2, -0.15) is 0 Å². The first kappa shape index (κ1) is 28.7. The summed E-state index contributed by atoms with van der Waals surface area (Å²) in [5, 5.41) is 14.4. The van der Waals surface area contributed by atoms with Crippen molar-refractivity contribution in [1.82, 2.24) is 34.6 Å². The van der Waals surface area contributed by atoms with E-state index in [2.05, 4.69) is 15.3 Å². The number of amides is 2. The zero-order valence-electron chi connectivity index (χ0n) is 23.4. The van der Waals surface area contributed by atoms with Gasteiger partial charge in [0.25, 0.3) is 0 Å². The molecular weight excluding hydrogens is 548 g/mol. The van der Waals surface area contributed by atoms with Crippen LogP contribution in [0.3, 0.4) is 0 Å². The lowest BCUT2D eigenvalue weighted by atomic mass is 9.93. The first-order chi connectivity index (χ1) is 20.4. The van der Waals surface area contributed by atoms with E-state index in [4.69, 9.17) is 4.74 Å². The van der Waals surface area contributed by atoms with Crippen LogP contribution in [0.2, 0.25) is 0 Å². The number of aliphatic hydroxyl groups excluding tert-OH is 1. The molecule has 5 heterocycles. The number of ether oxygens (including phenoxy) is 1. The molecule has 3 aliphatic rings. The highest BCUT2D eigenvalue weighted by molar-refractivity contribution is 5.74. The fourth-order valence-electron chi connectivity index (χ4n) is 6.57. The number of halogens is 2. The fourth-order valence-corrected chi connectivity index (χ4v) is 6.57. The van der Waals surface area contributed by atoms with E-state index in [0.29, 0.717) is 83.8 Å². The van der Waals surface area contributed by atoms with Gasteiger partial charge in [-0.3, -0.25) is 19.4 Å². The highest BCUT2D eigenvalue weighted by Gasteiger charge is 2.35. The van der Waals surface area contributed by atoms with Crippen LogP contribution in [0.5, 0.6) is 0 Å². The molecule has 0 spiro atoms. The molecule has 0 bridgehead atoms. The molecule has 3 aliphatic heterocycles. The number of hydrogen-bond acceptors (Lipinski definition) is 7. The maximum Gasteiger partial charge on any atom is 0.327 e. The Morgan fingerprint density at radius 2 is 1.81 bits per heavy atom. The van der Waals surface area contributed by atoms with Crippen molar-refractivity contribution in [3.05, 3.63) is 64.2 Å². The number of likely N-dealkylation sites (tertiary alicyclic amines) is 2. The SMILES string of the molecule is O=C(N[C@@H]1CC[C@@H](c2cccc(F)c2F)CN(C(O)N2CCOCC2)C1)N1CCC(n2c(=O)[nH]c3ncccc32)CC1. The number of fused-ring (bicyclic) bond motifs is 1. The number of imidazole rings is 1. The quantitative estimate of drug-likeness (QED) is 0.420. The van der Waals surface area contributed by atoms with Gasteiger partial charge in [0.2, 0.25) is 0 Å². The number of carbonyl (C=O) groups is 1. The number of aromatic amines is 1. The average molecular weight is 586 g/mol. The minimum Gasteiger partial charge on any atom is -0.379 e. The number of aromatic nitrogens is 3. The van der Waals surface area contributed by atoms with E-state index in [9.17, 15) is 23.5 Å². The van der Waals surface area contributed by atoms with Gasteiger partial charge in [0.1, 0.15) is 0 Å². The summed E-state index contributed by atoms with van der Waals surface area (Å²) in [4.78, 5) is 38.5. The second kappa shape index (κ2) is 12.5. The second-order valence-corrected chi connectivity index (χ2v) is 11.4. The third-order valence-corrected chi connectivity index (χ3v) is 8.83. The number of H-pyrrole nitrogens is 1. The van der Waals surface area contributed by atoms with Crippen molar-refractivity contribution in [2.75, 3.05) is 52.5 Å². The van der Waals surface area contributed by atoms with Crippen molar-refractivity contribution in [2.45, 2.75) is 50.0 Å². The number of piperidine rings is 1. The van der Waals surface area contributed by atoms with Crippen LogP contribution in [-0.4, -0.2) is 105 Å². The molecule has 42 heavy (non-hydrogen) atoms. The smallest absolute Gasteiger partial charge is 0.327 e. The van der Waals surface area contributed by atoms with Gasteiger partial charge in [-0.15, -0.1) is 0 Å². The molecule has 13 heteroatoms. The molecule has 0 saturated carbocycles. The minimum absolute atomic E-state index is 0.0431. The highest BCUT2D eigenvalue weighted by Crippen LogP contribution is 2.31. The summed E-state index contributed by atoms with van der Waals surface area (Å²) in [5.74, 6) is -2.10. The Labute approximate surface area is 242 Å². The van der Waals surface area contributed by atoms with Crippen molar-refractivity contribution in [3.63, 3.8) is 0 Å². The van der Waals surface area contributed by atoms with Crippen LogP contribution in [0.15, 0.2) is 41.3 Å². The molecule has 6 rings (SSSR count). The molecular formula is C29H37F2N7O4. The Kier molecular flexibility index (Phi) is 8.52. The summed E-state index contributed by atoms with van der Waals surface area (Å²) in [5.41, 5.74) is 1.39. The molecule has 3 atom stereocenters. The van der Waals surface area contributed by atoms with Crippen molar-refractivity contribution < 1.29 is 23.4 Å². The normalized spacial score (nSPS) is 24.0. The van der Waals surface area contributed by atoms with Crippen molar-refractivity contribution >= 4 is 17.2 Å². The van der Waals surface area contributed by atoms with Crippen LogP contribution in [0.1, 0.15) is 43.2 Å². The number of aliphatic hydroxyl groups is 1. The number of nitrogens with one attached hydrogen (secondary N) is 2. The summed E-state index contributed by atoms with van der Waals surface area (Å²) < 4.78 is 36.1. The highest BCUT2D eigenvalue weighted by atomic mass is 19.2. The lowest BCUT2D eigenvalue weighted by molar-refractivity contribution is -0.141. The van der Waals surface area contributed by atoms with Crippen LogP contribution < -0.4 is 11.0 Å². The first-order valence-electron chi connectivity index (χ1n) is 14.7. The predicted molar refractivity (Wildman–Crippen MR) is 151 cm³/mol. The van der Waals surface area contributed by atoms with E-state index in [1.165, 1.54) is 6.07 Å². The van der Waals surface area contributed by atoms with Gasteiger partial charge in [0.15, 0.2) is 23.6 Å². The molecule has 11 nitrogen and oxygen atoms in total. The molecule has 3 saturated heterocycles. The number of morpholine rings is 1. The number of rotatable bonds is 5. The van der Waals surface area contributed by atoms with E-state index >= 15 is 0 Å². The Morgan fingerprint density at radius 1 is 1.02 bits per heavy atom. The molecule has 2 amide bonds. The van der Waals surface area contributed by atoms with Gasteiger partial charge in [0, 0.05) is 57.5 Å². The third-order valence-electron chi connectivity index (χ3n) is 8.83. The van der Waals surface area contributed by atoms with E-state index < -0.39 is 18.0 Å². The number of pyridine rings is 1. The van der Waals surface area contributed by atoms with Gasteiger partial charge in [-0.1, -0.05) is 12.1 Å². The molecule has 2 aromatic heterocycles. The maximum atomic E-state index is 14.8. The summed E-state index contributed by atoms with van der Waals surface area (Å²) in [6, 6.07) is 7.33. The van der Waals surface area contributed by atoms with Gasteiger partial charge in [0.05, 0.1) is 18.7 Å². The monoisotopic (exact) mass is 585 g/mol. The Hall–Kier alpha value is -3.39. The Bertz CT molecular complexity index is 1450. The Balaban J connectivity index is 1.13. The number of benzene rings is 1. The second-order valence-electron chi connectivity index (χ2n) is 11.4. The number of urea groups is 1. The van der Waals surface area contributed by atoms with E-state index in [1.807, 2.05) is 15.9 Å². The molecule has 0 radical (unpaired) electrons. The number of nitrogens with zero attached hydrogens (tertiary/aromatic N) is 5. The van der Waals surface area contributed by atoms with Crippen molar-refractivity contribution in [2.24, 2.45) is 0 Å². The van der Waals surface area contributed by atoms with Gasteiger partial charge < -0.3 is 20.1 Å². The molecule has 3 N–H and O–H groups in total. The molecule has 3 fully saturated rings. The van der Waals surface area contributed by atoms with E-state index in [-0.39, 0.29) is 35.3 Å². The largest absolute Gasteiger partial charge is 0.379 e. The molecule has 1 aromatic carbocycles. The zero-order valence-corrected chi connectivity index (χ0v) is 23.4.